The summed E-state index contributed by atoms with van der Waals surface area (Å²) in [4.78, 5) is 0.716. The summed E-state index contributed by atoms with van der Waals surface area (Å²) in [6.07, 6.45) is 11.3. The van der Waals surface area contributed by atoms with Crippen LogP contribution in [0.25, 0.3) is 0 Å². The molecule has 0 aromatic heterocycles. The second-order valence-electron chi connectivity index (χ2n) is 5.05. The highest BCUT2D eigenvalue weighted by atomic mass is 79.9. The normalized spacial score (nSPS) is 16.8. The minimum atomic E-state index is 0.716. The molecule has 1 heterocycles. The van der Waals surface area contributed by atoms with Crippen LogP contribution in [0.5, 0.6) is 0 Å². The summed E-state index contributed by atoms with van der Waals surface area (Å²) >= 11 is 3.57. The summed E-state index contributed by atoms with van der Waals surface area (Å²) < 4.78 is 5.01. The highest BCUT2D eigenvalue weighted by Gasteiger charge is 1.95. The minimum Gasteiger partial charge on any atom is -0.379 e. The van der Waals surface area contributed by atoms with Gasteiger partial charge in [-0.2, -0.15) is 0 Å². The van der Waals surface area contributed by atoms with Crippen LogP contribution in [0.4, 0.5) is 0 Å². The molecule has 1 atom stereocenters. The standard InChI is InChI=1S/C11H23Br.C4H9NO/c1-3-4-5-6-7-8-9-10-11(2)12;1-3-6-4-2-5-1/h11H,3-10H2,1-2H3;5H,1-4H2. The molecule has 0 aromatic rings. The van der Waals surface area contributed by atoms with Gasteiger partial charge in [0.05, 0.1) is 13.2 Å². The van der Waals surface area contributed by atoms with E-state index in [1.807, 2.05) is 0 Å². The first-order chi connectivity index (χ1) is 8.77. The van der Waals surface area contributed by atoms with Crippen molar-refractivity contribution < 1.29 is 4.74 Å². The molecule has 110 valence electrons. The van der Waals surface area contributed by atoms with Gasteiger partial charge < -0.3 is 10.1 Å². The lowest BCUT2D eigenvalue weighted by Crippen LogP contribution is -2.30. The number of alkyl halides is 1. The van der Waals surface area contributed by atoms with Crippen molar-refractivity contribution >= 4 is 15.9 Å². The van der Waals surface area contributed by atoms with Crippen molar-refractivity contribution in [3.8, 4) is 0 Å². The van der Waals surface area contributed by atoms with Crippen molar-refractivity contribution in [1.29, 1.82) is 0 Å². The molecule has 18 heavy (non-hydrogen) atoms. The Morgan fingerprint density at radius 2 is 1.56 bits per heavy atom. The smallest absolute Gasteiger partial charge is 0.0591 e. The van der Waals surface area contributed by atoms with Crippen LogP contribution in [0.2, 0.25) is 0 Å². The van der Waals surface area contributed by atoms with Gasteiger partial charge in [-0.05, 0) is 6.42 Å². The van der Waals surface area contributed by atoms with Gasteiger partial charge in [-0.1, -0.05) is 74.7 Å². The Labute approximate surface area is 122 Å². The molecule has 0 saturated carbocycles. The molecule has 1 aliphatic heterocycles. The van der Waals surface area contributed by atoms with Crippen molar-refractivity contribution in [1.82, 2.24) is 5.32 Å². The first-order valence-corrected chi connectivity index (χ1v) is 8.61. The lowest BCUT2D eigenvalue weighted by Gasteiger charge is -2.10. The van der Waals surface area contributed by atoms with Gasteiger partial charge in [0.25, 0.3) is 0 Å². The van der Waals surface area contributed by atoms with Gasteiger partial charge in [0.15, 0.2) is 0 Å². The molecule has 0 aliphatic carbocycles. The Hall–Kier alpha value is 0.400. The summed E-state index contributed by atoms with van der Waals surface area (Å²) in [5, 5.41) is 3.16. The summed E-state index contributed by atoms with van der Waals surface area (Å²) in [7, 11) is 0. The SMILES string of the molecule is C1COCCN1.CCCCCCCCCC(C)Br. The van der Waals surface area contributed by atoms with E-state index in [-0.39, 0.29) is 0 Å². The number of nitrogens with one attached hydrogen (secondary N) is 1. The van der Waals surface area contributed by atoms with E-state index in [4.69, 9.17) is 4.74 Å². The van der Waals surface area contributed by atoms with E-state index in [1.54, 1.807) is 0 Å². The second-order valence-corrected chi connectivity index (χ2v) is 6.62. The lowest BCUT2D eigenvalue weighted by molar-refractivity contribution is 0.109. The number of halogens is 1. The number of rotatable bonds is 8. The zero-order valence-electron chi connectivity index (χ0n) is 12.3. The number of ether oxygens (including phenoxy) is 1. The monoisotopic (exact) mass is 321 g/mol. The Morgan fingerprint density at radius 1 is 1.00 bits per heavy atom. The first-order valence-electron chi connectivity index (χ1n) is 7.70. The molecule has 0 bridgehead atoms. The van der Waals surface area contributed by atoms with Gasteiger partial charge in [-0.25, -0.2) is 0 Å². The van der Waals surface area contributed by atoms with Gasteiger partial charge in [0.2, 0.25) is 0 Å². The fourth-order valence-electron chi connectivity index (χ4n) is 1.90. The van der Waals surface area contributed by atoms with Gasteiger partial charge in [-0.3, -0.25) is 0 Å². The lowest BCUT2D eigenvalue weighted by atomic mass is 10.1. The molecule has 1 N–H and O–H groups in total. The van der Waals surface area contributed by atoms with E-state index in [0.29, 0.717) is 4.83 Å². The van der Waals surface area contributed by atoms with Crippen LogP contribution in [-0.2, 0) is 4.74 Å². The van der Waals surface area contributed by atoms with Gasteiger partial charge in [0, 0.05) is 17.9 Å². The third kappa shape index (κ3) is 16.4. The average molecular weight is 322 g/mol. The quantitative estimate of drug-likeness (QED) is 0.524. The zero-order valence-corrected chi connectivity index (χ0v) is 13.9. The van der Waals surface area contributed by atoms with E-state index in [1.165, 1.54) is 51.4 Å². The van der Waals surface area contributed by atoms with Crippen molar-refractivity contribution in [2.24, 2.45) is 0 Å². The number of unbranched alkanes of at least 4 members (excludes halogenated alkanes) is 6. The topological polar surface area (TPSA) is 21.3 Å². The summed E-state index contributed by atoms with van der Waals surface area (Å²) in [5.41, 5.74) is 0. The minimum absolute atomic E-state index is 0.716. The Kier molecular flexibility index (Phi) is 15.8. The van der Waals surface area contributed by atoms with Crippen LogP contribution in [0.15, 0.2) is 0 Å². The maximum absolute atomic E-state index is 5.01. The highest BCUT2D eigenvalue weighted by Crippen LogP contribution is 2.12. The molecule has 1 aliphatic rings. The maximum Gasteiger partial charge on any atom is 0.0591 e. The van der Waals surface area contributed by atoms with Crippen LogP contribution in [-0.4, -0.2) is 31.1 Å². The fraction of sp³-hybridized carbons (Fsp3) is 1.00. The van der Waals surface area contributed by atoms with Crippen LogP contribution < -0.4 is 5.32 Å². The first kappa shape index (κ1) is 18.4. The summed E-state index contributed by atoms with van der Waals surface area (Å²) in [6.45, 7) is 8.34. The molecule has 0 radical (unpaired) electrons. The fourth-order valence-corrected chi connectivity index (χ4v) is 2.22. The largest absolute Gasteiger partial charge is 0.379 e. The predicted octanol–water partition coefficient (Wildman–Crippen LogP) is 4.52. The molecular formula is C15H32BrNO. The Morgan fingerprint density at radius 3 is 1.94 bits per heavy atom. The molecule has 0 amide bonds. The number of hydrogen-bond donors (Lipinski definition) is 1. The average Bonchev–Trinajstić information content (AvgIpc) is 2.40. The molecule has 3 heteroatoms. The van der Waals surface area contributed by atoms with Crippen LogP contribution in [0.3, 0.4) is 0 Å². The molecule has 1 fully saturated rings. The van der Waals surface area contributed by atoms with Crippen LogP contribution in [0.1, 0.15) is 65.2 Å². The molecular weight excluding hydrogens is 290 g/mol. The van der Waals surface area contributed by atoms with Crippen LogP contribution in [0, 0.1) is 0 Å². The number of morpholine rings is 1. The van der Waals surface area contributed by atoms with Crippen LogP contribution >= 0.6 is 15.9 Å². The second kappa shape index (κ2) is 15.5. The summed E-state index contributed by atoms with van der Waals surface area (Å²) in [6, 6.07) is 0. The van der Waals surface area contributed by atoms with E-state index in [0.717, 1.165) is 26.3 Å². The van der Waals surface area contributed by atoms with E-state index < -0.39 is 0 Å². The van der Waals surface area contributed by atoms with Gasteiger partial charge >= 0.3 is 0 Å². The van der Waals surface area contributed by atoms with Crippen molar-refractivity contribution in [3.63, 3.8) is 0 Å². The van der Waals surface area contributed by atoms with E-state index in [2.05, 4.69) is 35.1 Å². The maximum atomic E-state index is 5.01. The van der Waals surface area contributed by atoms with Gasteiger partial charge in [-0.15, -0.1) is 0 Å². The van der Waals surface area contributed by atoms with E-state index in [9.17, 15) is 0 Å². The van der Waals surface area contributed by atoms with Crippen molar-refractivity contribution in [3.05, 3.63) is 0 Å². The van der Waals surface area contributed by atoms with E-state index >= 15 is 0 Å². The summed E-state index contributed by atoms with van der Waals surface area (Å²) in [5.74, 6) is 0. The molecule has 1 rings (SSSR count). The zero-order chi connectivity index (χ0) is 13.5. The molecule has 0 aromatic carbocycles. The Bertz CT molecular complexity index is 138. The third-order valence-electron chi connectivity index (χ3n) is 3.05. The predicted molar refractivity (Wildman–Crippen MR) is 84.7 cm³/mol. The molecule has 1 unspecified atom stereocenters. The third-order valence-corrected chi connectivity index (χ3v) is 3.51. The van der Waals surface area contributed by atoms with Gasteiger partial charge in [0.1, 0.15) is 0 Å². The Balaban J connectivity index is 0.000000397. The highest BCUT2D eigenvalue weighted by molar-refractivity contribution is 9.09. The van der Waals surface area contributed by atoms with Crippen molar-refractivity contribution in [2.75, 3.05) is 26.3 Å². The molecule has 1 saturated heterocycles. The van der Waals surface area contributed by atoms with Crippen molar-refractivity contribution in [2.45, 2.75) is 70.0 Å². The number of hydrogen-bond acceptors (Lipinski definition) is 2. The molecule has 0 spiro atoms. The molecule has 2 nitrogen and oxygen atoms in total.